The molecule has 1 aliphatic rings. The number of aromatic nitrogens is 1. The van der Waals surface area contributed by atoms with Crippen molar-refractivity contribution >= 4 is 21.6 Å². The first-order valence-corrected chi connectivity index (χ1v) is 10.2. The summed E-state index contributed by atoms with van der Waals surface area (Å²) in [5.41, 5.74) is -1.71. The van der Waals surface area contributed by atoms with Crippen LogP contribution in [0.2, 0.25) is 0 Å². The summed E-state index contributed by atoms with van der Waals surface area (Å²) in [6.07, 6.45) is 1.28. The number of anilines is 1. The van der Waals surface area contributed by atoms with Crippen molar-refractivity contribution < 1.29 is 27.4 Å². The first kappa shape index (κ1) is 21.5. The van der Waals surface area contributed by atoms with Gasteiger partial charge in [-0.05, 0) is 25.1 Å². The second-order valence-corrected chi connectivity index (χ2v) is 8.51. The van der Waals surface area contributed by atoms with Gasteiger partial charge in [0.1, 0.15) is 28.9 Å². The maximum atomic E-state index is 13.5. The largest absolute Gasteiger partial charge is 0.487 e. The molecule has 11 heteroatoms. The average Bonchev–Trinajstić information content (AvgIpc) is 2.98. The number of hydrogen-bond acceptors (Lipinski definition) is 6. The van der Waals surface area contributed by atoms with Gasteiger partial charge >= 0.3 is 0 Å². The van der Waals surface area contributed by atoms with E-state index in [4.69, 9.17) is 10.00 Å². The quantitative estimate of drug-likeness (QED) is 0.621. The number of rotatable bonds is 4. The predicted octanol–water partition coefficient (Wildman–Crippen LogP) is 1.26. The number of sulfonamides is 1. The van der Waals surface area contributed by atoms with Crippen molar-refractivity contribution in [3.63, 3.8) is 0 Å². The van der Waals surface area contributed by atoms with Crippen LogP contribution in [0, 0.1) is 17.1 Å². The van der Waals surface area contributed by atoms with Gasteiger partial charge in [0.15, 0.2) is 11.4 Å². The van der Waals surface area contributed by atoms with Crippen LogP contribution in [0.4, 0.5) is 10.1 Å². The Morgan fingerprint density at radius 1 is 1.57 bits per heavy atom. The number of carbonyl (C=O) groups excluding carboxylic acids is 1. The molecular formula is C19H19FN4O5S. The zero-order valence-corrected chi connectivity index (χ0v) is 17.0. The van der Waals surface area contributed by atoms with Gasteiger partial charge in [-0.1, -0.05) is 6.08 Å². The third-order valence-electron chi connectivity index (χ3n) is 4.84. The van der Waals surface area contributed by atoms with E-state index in [9.17, 15) is 22.7 Å². The van der Waals surface area contributed by atoms with Crippen molar-refractivity contribution in [1.82, 2.24) is 9.29 Å². The standard InChI is InChI=1S/C19H19FN4O5S/c1-4-19(11(2)25)10-29-17-15(30(27,28)23-19)9-24(3)16(17)18(26)22-13-5-6-14(20)12(7-13)8-21/h4-7,9,11,23,25H,1,10H2,2-3H3,(H,22,26). The number of fused-ring (bicyclic) bond motifs is 1. The number of carbonyl (C=O) groups is 1. The van der Waals surface area contributed by atoms with E-state index in [1.807, 2.05) is 0 Å². The summed E-state index contributed by atoms with van der Waals surface area (Å²) in [7, 11) is -2.71. The molecule has 0 fully saturated rings. The number of nitrogens with zero attached hydrogens (tertiary/aromatic N) is 2. The van der Waals surface area contributed by atoms with Gasteiger partial charge in [0.2, 0.25) is 10.0 Å². The maximum absolute atomic E-state index is 13.5. The highest BCUT2D eigenvalue weighted by Crippen LogP contribution is 2.35. The minimum Gasteiger partial charge on any atom is -0.487 e. The van der Waals surface area contributed by atoms with Gasteiger partial charge in [-0.2, -0.15) is 9.98 Å². The number of aryl methyl sites for hydroxylation is 1. The van der Waals surface area contributed by atoms with Crippen molar-refractivity contribution in [3.8, 4) is 11.8 Å². The van der Waals surface area contributed by atoms with Crippen LogP contribution >= 0.6 is 0 Å². The number of hydrogen-bond donors (Lipinski definition) is 3. The van der Waals surface area contributed by atoms with E-state index in [-0.39, 0.29) is 34.2 Å². The molecule has 3 N–H and O–H groups in total. The van der Waals surface area contributed by atoms with Gasteiger partial charge in [-0.25, -0.2) is 12.8 Å². The third-order valence-corrected chi connectivity index (χ3v) is 6.36. The van der Waals surface area contributed by atoms with Gasteiger partial charge in [0.05, 0.1) is 11.7 Å². The SMILES string of the molecule is C=CC1(C(C)O)COc2c(cn(C)c2C(=O)Nc2ccc(F)c(C#N)c2)S(=O)(=O)N1. The number of aliphatic hydroxyl groups is 1. The highest BCUT2D eigenvalue weighted by molar-refractivity contribution is 7.89. The minimum absolute atomic E-state index is 0.108. The molecule has 1 aromatic carbocycles. The zero-order valence-electron chi connectivity index (χ0n) is 16.1. The molecule has 1 aromatic heterocycles. The smallest absolute Gasteiger partial charge is 0.276 e. The molecular weight excluding hydrogens is 415 g/mol. The van der Waals surface area contributed by atoms with Crippen molar-refractivity contribution in [2.75, 3.05) is 11.9 Å². The van der Waals surface area contributed by atoms with Gasteiger partial charge in [-0.15, -0.1) is 6.58 Å². The van der Waals surface area contributed by atoms with Crippen molar-refractivity contribution in [3.05, 3.63) is 54.1 Å². The average molecular weight is 434 g/mol. The van der Waals surface area contributed by atoms with Crippen LogP contribution in [-0.4, -0.2) is 42.2 Å². The number of amides is 1. The Morgan fingerprint density at radius 3 is 2.87 bits per heavy atom. The molecule has 0 radical (unpaired) electrons. The maximum Gasteiger partial charge on any atom is 0.276 e. The zero-order chi connectivity index (χ0) is 22.3. The second-order valence-electron chi connectivity index (χ2n) is 6.86. The number of halogens is 1. The molecule has 0 saturated carbocycles. The summed E-state index contributed by atoms with van der Waals surface area (Å²) in [4.78, 5) is 12.6. The molecule has 1 aliphatic heterocycles. The summed E-state index contributed by atoms with van der Waals surface area (Å²) in [6, 6.07) is 5.13. The van der Waals surface area contributed by atoms with Crippen LogP contribution in [0.25, 0.3) is 0 Å². The fourth-order valence-electron chi connectivity index (χ4n) is 3.05. The Morgan fingerprint density at radius 2 is 2.27 bits per heavy atom. The molecule has 2 heterocycles. The van der Waals surface area contributed by atoms with Crippen LogP contribution in [0.1, 0.15) is 23.0 Å². The lowest BCUT2D eigenvalue weighted by atomic mass is 9.96. The Bertz CT molecular complexity index is 1180. The van der Waals surface area contributed by atoms with Crippen LogP contribution < -0.4 is 14.8 Å². The first-order valence-electron chi connectivity index (χ1n) is 8.73. The topological polar surface area (TPSA) is 133 Å². The number of benzene rings is 1. The summed E-state index contributed by atoms with van der Waals surface area (Å²) in [6.45, 7) is 4.66. The Kier molecular flexibility index (Phi) is 5.42. The molecule has 9 nitrogen and oxygen atoms in total. The van der Waals surface area contributed by atoms with E-state index >= 15 is 0 Å². The second kappa shape index (κ2) is 7.56. The van der Waals surface area contributed by atoms with Gasteiger partial charge in [0, 0.05) is 18.9 Å². The number of aliphatic hydroxyl groups excluding tert-OH is 1. The fraction of sp³-hybridized carbons (Fsp3) is 0.263. The first-order chi connectivity index (χ1) is 14.0. The number of ether oxygens (including phenoxy) is 1. The summed E-state index contributed by atoms with van der Waals surface area (Å²) < 4.78 is 48.6. The van der Waals surface area contributed by atoms with Crippen molar-refractivity contribution in [2.24, 2.45) is 7.05 Å². The fourth-order valence-corrected chi connectivity index (χ4v) is 4.67. The lowest BCUT2D eigenvalue weighted by Gasteiger charge is -2.31. The number of nitrogens with one attached hydrogen (secondary N) is 2. The third kappa shape index (κ3) is 3.56. The van der Waals surface area contributed by atoms with Crippen LogP contribution in [0.3, 0.4) is 0 Å². The molecule has 30 heavy (non-hydrogen) atoms. The Hall–Kier alpha value is -3.20. The molecule has 0 spiro atoms. The minimum atomic E-state index is -4.17. The molecule has 2 unspecified atom stereocenters. The molecule has 2 atom stereocenters. The van der Waals surface area contributed by atoms with Crippen LogP contribution in [-0.2, 0) is 17.1 Å². The summed E-state index contributed by atoms with van der Waals surface area (Å²) in [5.74, 6) is -1.66. The molecule has 3 rings (SSSR count). The van der Waals surface area contributed by atoms with E-state index in [0.29, 0.717) is 0 Å². The van der Waals surface area contributed by atoms with Crippen LogP contribution in [0.5, 0.6) is 5.75 Å². The summed E-state index contributed by atoms with van der Waals surface area (Å²) >= 11 is 0. The lowest BCUT2D eigenvalue weighted by molar-refractivity contribution is 0.0822. The Labute approximate surface area is 172 Å². The van der Waals surface area contributed by atoms with Crippen molar-refractivity contribution in [2.45, 2.75) is 23.5 Å². The molecule has 2 aromatic rings. The highest BCUT2D eigenvalue weighted by Gasteiger charge is 2.44. The van der Waals surface area contributed by atoms with E-state index in [1.54, 1.807) is 6.07 Å². The van der Waals surface area contributed by atoms with E-state index in [0.717, 1.165) is 12.1 Å². The van der Waals surface area contributed by atoms with Gasteiger partial charge in [0.25, 0.3) is 5.91 Å². The molecule has 0 saturated heterocycles. The highest BCUT2D eigenvalue weighted by atomic mass is 32.2. The molecule has 158 valence electrons. The molecule has 0 aliphatic carbocycles. The van der Waals surface area contributed by atoms with E-state index in [2.05, 4.69) is 16.6 Å². The van der Waals surface area contributed by atoms with Crippen LogP contribution in [0.15, 0.2) is 41.9 Å². The Balaban J connectivity index is 2.03. The van der Waals surface area contributed by atoms with E-state index < -0.39 is 33.4 Å². The lowest BCUT2D eigenvalue weighted by Crippen LogP contribution is -2.56. The number of nitriles is 1. The van der Waals surface area contributed by atoms with E-state index in [1.165, 1.54) is 36.9 Å². The van der Waals surface area contributed by atoms with Gasteiger partial charge < -0.3 is 19.7 Å². The molecule has 0 bridgehead atoms. The van der Waals surface area contributed by atoms with Gasteiger partial charge in [-0.3, -0.25) is 4.79 Å². The normalized spacial score (nSPS) is 20.8. The summed E-state index contributed by atoms with van der Waals surface area (Å²) in [5, 5.41) is 21.5. The monoisotopic (exact) mass is 434 g/mol. The van der Waals surface area contributed by atoms with Crippen molar-refractivity contribution in [1.29, 1.82) is 5.26 Å². The predicted molar refractivity (Wildman–Crippen MR) is 105 cm³/mol. The molecule has 1 amide bonds.